The summed E-state index contributed by atoms with van der Waals surface area (Å²) in [5, 5.41) is 3.05. The van der Waals surface area contributed by atoms with E-state index in [0.717, 1.165) is 5.56 Å². The van der Waals surface area contributed by atoms with Gasteiger partial charge in [-0.15, -0.1) is 12.4 Å². The number of ether oxygens (including phenoxy) is 2. The summed E-state index contributed by atoms with van der Waals surface area (Å²) < 4.78 is 10.2. The van der Waals surface area contributed by atoms with Gasteiger partial charge in [0.2, 0.25) is 5.91 Å². The van der Waals surface area contributed by atoms with Gasteiger partial charge in [-0.05, 0) is 24.6 Å². The van der Waals surface area contributed by atoms with Crippen LogP contribution in [0.2, 0.25) is 0 Å². The second-order valence-electron chi connectivity index (χ2n) is 6.03. The fourth-order valence-electron chi connectivity index (χ4n) is 2.78. The van der Waals surface area contributed by atoms with Gasteiger partial charge in [0.25, 0.3) is 5.91 Å². The summed E-state index contributed by atoms with van der Waals surface area (Å²) >= 11 is 0. The Bertz CT molecular complexity index is 604. The van der Waals surface area contributed by atoms with E-state index in [9.17, 15) is 9.59 Å². The highest BCUT2D eigenvalue weighted by Crippen LogP contribution is 2.20. The van der Waals surface area contributed by atoms with E-state index >= 15 is 0 Å². The summed E-state index contributed by atoms with van der Waals surface area (Å²) in [5.74, 6) is 0.741. The molecule has 0 saturated carbocycles. The first-order valence-electron chi connectivity index (χ1n) is 8.48. The van der Waals surface area contributed by atoms with Crippen molar-refractivity contribution in [1.29, 1.82) is 0 Å². The zero-order valence-electron chi connectivity index (χ0n) is 15.6. The van der Waals surface area contributed by atoms with Gasteiger partial charge in [0.1, 0.15) is 5.75 Å². The Kier molecular flexibility index (Phi) is 9.40. The number of rotatable bonds is 7. The van der Waals surface area contributed by atoms with Crippen molar-refractivity contribution in [2.45, 2.75) is 6.92 Å². The molecule has 0 radical (unpaired) electrons. The molecule has 0 atom stereocenters. The Hall–Kier alpha value is -1.83. The minimum absolute atomic E-state index is 0. The molecule has 1 heterocycles. The first kappa shape index (κ1) is 22.2. The number of halogens is 1. The largest absolute Gasteiger partial charge is 0.496 e. The van der Waals surface area contributed by atoms with Gasteiger partial charge >= 0.3 is 0 Å². The molecule has 146 valence electrons. The number of carbonyl (C=O) groups excluding carboxylic acids is 2. The van der Waals surface area contributed by atoms with E-state index in [4.69, 9.17) is 9.47 Å². The average Bonchev–Trinajstić information content (AvgIpc) is 2.65. The van der Waals surface area contributed by atoms with Gasteiger partial charge in [-0.25, -0.2) is 0 Å². The number of hydrogen-bond donors (Lipinski definition) is 1. The molecule has 1 saturated heterocycles. The zero-order valence-corrected chi connectivity index (χ0v) is 16.4. The molecule has 1 aromatic rings. The summed E-state index contributed by atoms with van der Waals surface area (Å²) in [6, 6.07) is 5.48. The first-order valence-corrected chi connectivity index (χ1v) is 8.48. The Balaban J connectivity index is 0.00000338. The van der Waals surface area contributed by atoms with E-state index in [0.29, 0.717) is 57.2 Å². The predicted molar refractivity (Wildman–Crippen MR) is 102 cm³/mol. The lowest BCUT2D eigenvalue weighted by atomic mass is 10.1. The van der Waals surface area contributed by atoms with Crippen molar-refractivity contribution >= 4 is 24.2 Å². The van der Waals surface area contributed by atoms with E-state index in [1.165, 1.54) is 0 Å². The van der Waals surface area contributed by atoms with Crippen LogP contribution in [0.25, 0.3) is 0 Å². The second kappa shape index (κ2) is 11.0. The van der Waals surface area contributed by atoms with Gasteiger partial charge in [0.05, 0.1) is 20.3 Å². The Labute approximate surface area is 161 Å². The number of amides is 2. The first-order chi connectivity index (χ1) is 12.1. The molecule has 0 aromatic heterocycles. The molecule has 7 nitrogen and oxygen atoms in total. The third-order valence-corrected chi connectivity index (χ3v) is 4.33. The standard InChI is InChI=1S/C18H27N3O4.ClH/c1-14-4-5-15(12-16(14)25-3)18(23)21-9-7-20(8-10-21)17(22)13-19-6-11-24-2;/h4-5,12,19H,6-11,13H2,1-3H3;1H. The van der Waals surface area contributed by atoms with Crippen molar-refractivity contribution < 1.29 is 19.1 Å². The van der Waals surface area contributed by atoms with E-state index in [1.807, 2.05) is 19.1 Å². The molecule has 0 bridgehead atoms. The van der Waals surface area contributed by atoms with Crippen LogP contribution in [0.1, 0.15) is 15.9 Å². The highest BCUT2D eigenvalue weighted by Gasteiger charge is 2.24. The lowest BCUT2D eigenvalue weighted by Crippen LogP contribution is -2.52. The Morgan fingerprint density at radius 1 is 1.12 bits per heavy atom. The van der Waals surface area contributed by atoms with Crippen molar-refractivity contribution in [3.05, 3.63) is 29.3 Å². The number of aryl methyl sites for hydroxylation is 1. The minimum Gasteiger partial charge on any atom is -0.496 e. The molecule has 1 aliphatic rings. The van der Waals surface area contributed by atoms with Crippen LogP contribution in [0, 0.1) is 6.92 Å². The molecule has 0 aliphatic carbocycles. The summed E-state index contributed by atoms with van der Waals surface area (Å²) in [4.78, 5) is 28.3. The van der Waals surface area contributed by atoms with Gasteiger partial charge in [0, 0.05) is 45.4 Å². The number of benzene rings is 1. The maximum atomic E-state index is 12.6. The summed E-state index contributed by atoms with van der Waals surface area (Å²) in [7, 11) is 3.23. The summed E-state index contributed by atoms with van der Waals surface area (Å²) in [5.41, 5.74) is 1.61. The fourth-order valence-corrected chi connectivity index (χ4v) is 2.78. The maximum absolute atomic E-state index is 12.6. The molecule has 2 amide bonds. The van der Waals surface area contributed by atoms with Crippen molar-refractivity contribution in [2.24, 2.45) is 0 Å². The number of piperazine rings is 1. The van der Waals surface area contributed by atoms with Gasteiger partial charge in [0.15, 0.2) is 0 Å². The molecule has 1 fully saturated rings. The smallest absolute Gasteiger partial charge is 0.254 e. The molecule has 1 aliphatic heterocycles. The van der Waals surface area contributed by atoms with Crippen LogP contribution in [-0.2, 0) is 9.53 Å². The molecular weight excluding hydrogens is 358 g/mol. The fraction of sp³-hybridized carbons (Fsp3) is 0.556. The molecule has 1 N–H and O–H groups in total. The Morgan fingerprint density at radius 3 is 2.38 bits per heavy atom. The van der Waals surface area contributed by atoms with Crippen molar-refractivity contribution in [3.63, 3.8) is 0 Å². The zero-order chi connectivity index (χ0) is 18.2. The normalized spacial score (nSPS) is 14.0. The van der Waals surface area contributed by atoms with Crippen LogP contribution in [-0.4, -0.2) is 81.7 Å². The predicted octanol–water partition coefficient (Wildman–Crippen LogP) is 0.946. The van der Waals surface area contributed by atoms with Crippen LogP contribution >= 0.6 is 12.4 Å². The number of nitrogens with zero attached hydrogens (tertiary/aromatic N) is 2. The number of hydrogen-bond acceptors (Lipinski definition) is 5. The van der Waals surface area contributed by atoms with E-state index in [-0.39, 0.29) is 24.2 Å². The lowest BCUT2D eigenvalue weighted by molar-refractivity contribution is -0.131. The SMILES string of the molecule is COCCNCC(=O)N1CCN(C(=O)c2ccc(C)c(OC)c2)CC1.Cl. The molecule has 0 unspecified atom stereocenters. The molecule has 8 heteroatoms. The van der Waals surface area contributed by atoms with Gasteiger partial charge in [-0.1, -0.05) is 6.07 Å². The van der Waals surface area contributed by atoms with Gasteiger partial charge in [-0.3, -0.25) is 9.59 Å². The van der Waals surface area contributed by atoms with Gasteiger partial charge in [-0.2, -0.15) is 0 Å². The average molecular weight is 386 g/mol. The third-order valence-electron chi connectivity index (χ3n) is 4.33. The quantitative estimate of drug-likeness (QED) is 0.707. The minimum atomic E-state index is -0.0244. The number of carbonyl (C=O) groups is 2. The Morgan fingerprint density at radius 2 is 1.77 bits per heavy atom. The highest BCUT2D eigenvalue weighted by atomic mass is 35.5. The van der Waals surface area contributed by atoms with Crippen LogP contribution in [0.3, 0.4) is 0 Å². The van der Waals surface area contributed by atoms with E-state index < -0.39 is 0 Å². The molecule has 0 spiro atoms. The van der Waals surface area contributed by atoms with Crippen LogP contribution in [0.5, 0.6) is 5.75 Å². The molecule has 26 heavy (non-hydrogen) atoms. The van der Waals surface area contributed by atoms with Crippen molar-refractivity contribution in [1.82, 2.24) is 15.1 Å². The summed E-state index contributed by atoms with van der Waals surface area (Å²) in [6.07, 6.45) is 0. The number of nitrogens with one attached hydrogen (secondary N) is 1. The second-order valence-corrected chi connectivity index (χ2v) is 6.03. The topological polar surface area (TPSA) is 71.1 Å². The molecule has 1 aromatic carbocycles. The van der Waals surface area contributed by atoms with E-state index in [2.05, 4.69) is 5.32 Å². The lowest BCUT2D eigenvalue weighted by Gasteiger charge is -2.35. The third kappa shape index (κ3) is 5.86. The van der Waals surface area contributed by atoms with Crippen LogP contribution in [0.15, 0.2) is 18.2 Å². The summed E-state index contributed by atoms with van der Waals surface area (Å²) in [6.45, 7) is 5.66. The molecular formula is C18H28ClN3O4. The maximum Gasteiger partial charge on any atom is 0.254 e. The van der Waals surface area contributed by atoms with Crippen molar-refractivity contribution in [2.75, 3.05) is 60.1 Å². The van der Waals surface area contributed by atoms with Gasteiger partial charge < -0.3 is 24.6 Å². The van der Waals surface area contributed by atoms with Crippen LogP contribution < -0.4 is 10.1 Å². The number of methoxy groups -OCH3 is 2. The van der Waals surface area contributed by atoms with Crippen molar-refractivity contribution in [3.8, 4) is 5.75 Å². The van der Waals surface area contributed by atoms with Crippen LogP contribution in [0.4, 0.5) is 0 Å². The van der Waals surface area contributed by atoms with E-state index in [1.54, 1.807) is 30.1 Å². The molecule has 2 rings (SSSR count). The highest BCUT2D eigenvalue weighted by molar-refractivity contribution is 5.95. The monoisotopic (exact) mass is 385 g/mol.